The van der Waals surface area contributed by atoms with Gasteiger partial charge in [-0.3, -0.25) is 4.99 Å². The maximum atomic E-state index is 5.97. The molecule has 0 aliphatic carbocycles. The molecule has 0 fully saturated rings. The number of nitrogens with one attached hydrogen (secondary N) is 2. The summed E-state index contributed by atoms with van der Waals surface area (Å²) in [5.41, 5.74) is 1.13. The lowest BCUT2D eigenvalue weighted by molar-refractivity contribution is 0.713. The molecule has 2 N–H and O–H groups in total. The second-order valence-corrected chi connectivity index (χ2v) is 5.22. The summed E-state index contributed by atoms with van der Waals surface area (Å²) in [6.45, 7) is 3.66. The van der Waals surface area contributed by atoms with Crippen molar-refractivity contribution in [3.05, 3.63) is 33.3 Å². The second kappa shape index (κ2) is 5.06. The van der Waals surface area contributed by atoms with Crippen molar-refractivity contribution in [2.75, 3.05) is 6.54 Å². The Morgan fingerprint density at radius 1 is 1.56 bits per heavy atom. The van der Waals surface area contributed by atoms with E-state index in [-0.39, 0.29) is 0 Å². The zero-order valence-corrected chi connectivity index (χ0v) is 11.3. The first kappa shape index (κ1) is 11.7. The Morgan fingerprint density at radius 3 is 3.00 bits per heavy atom. The topological polar surface area (TPSA) is 36.4 Å². The van der Waals surface area contributed by atoms with Crippen LogP contribution in [0, 0.1) is 0 Å². The van der Waals surface area contributed by atoms with Crippen molar-refractivity contribution in [1.82, 2.24) is 10.6 Å². The van der Waals surface area contributed by atoms with Gasteiger partial charge in [0.1, 0.15) is 0 Å². The molecule has 1 aromatic carbocycles. The van der Waals surface area contributed by atoms with Crippen LogP contribution in [0.25, 0.3) is 0 Å². The number of rotatable bonds is 2. The molecule has 86 valence electrons. The molecule has 0 saturated heterocycles. The van der Waals surface area contributed by atoms with Gasteiger partial charge < -0.3 is 10.6 Å². The second-order valence-electron chi connectivity index (χ2n) is 3.87. The van der Waals surface area contributed by atoms with Crippen molar-refractivity contribution in [1.29, 1.82) is 0 Å². The van der Waals surface area contributed by atoms with Gasteiger partial charge in [0.2, 0.25) is 0 Å². The molecule has 5 heteroatoms. The number of aliphatic imine (C=N–C) groups is 1. The highest BCUT2D eigenvalue weighted by atomic mass is 79.9. The zero-order valence-electron chi connectivity index (χ0n) is 8.93. The van der Waals surface area contributed by atoms with Gasteiger partial charge in [0.25, 0.3) is 0 Å². The molecule has 1 heterocycles. The Labute approximate surface area is 108 Å². The van der Waals surface area contributed by atoms with Crippen molar-refractivity contribution < 1.29 is 0 Å². The summed E-state index contributed by atoms with van der Waals surface area (Å²) >= 11 is 9.38. The predicted molar refractivity (Wildman–Crippen MR) is 70.9 cm³/mol. The fraction of sp³-hybridized carbons (Fsp3) is 0.364. The van der Waals surface area contributed by atoms with Crippen molar-refractivity contribution >= 4 is 33.5 Å². The molecule has 1 atom stereocenters. The fourth-order valence-corrected chi connectivity index (χ4v) is 2.49. The van der Waals surface area contributed by atoms with Crippen LogP contribution in [0.15, 0.2) is 27.7 Å². The molecule has 2 rings (SSSR count). The van der Waals surface area contributed by atoms with E-state index in [1.807, 2.05) is 18.2 Å². The summed E-state index contributed by atoms with van der Waals surface area (Å²) in [7, 11) is 0. The van der Waals surface area contributed by atoms with E-state index in [1.165, 1.54) is 0 Å². The SMILES string of the molecule is CC1CN=C(NCc2cc(Cl)cc(Br)c2)N1. The first-order chi connectivity index (χ1) is 7.63. The van der Waals surface area contributed by atoms with Crippen molar-refractivity contribution in [3.8, 4) is 0 Å². The molecule has 1 aliphatic heterocycles. The summed E-state index contributed by atoms with van der Waals surface area (Å²) < 4.78 is 0.992. The van der Waals surface area contributed by atoms with Crippen LogP contribution in [0.1, 0.15) is 12.5 Å². The van der Waals surface area contributed by atoms with Crippen LogP contribution in [0.3, 0.4) is 0 Å². The van der Waals surface area contributed by atoms with Crippen LogP contribution in [0.4, 0.5) is 0 Å². The Hall–Kier alpha value is -0.740. The minimum Gasteiger partial charge on any atom is -0.352 e. The largest absolute Gasteiger partial charge is 0.352 e. The lowest BCUT2D eigenvalue weighted by atomic mass is 10.2. The maximum absolute atomic E-state index is 5.97. The molecule has 1 aromatic rings. The molecule has 0 spiro atoms. The summed E-state index contributed by atoms with van der Waals surface area (Å²) in [6, 6.07) is 6.28. The molecule has 16 heavy (non-hydrogen) atoms. The zero-order chi connectivity index (χ0) is 11.5. The van der Waals surface area contributed by atoms with Crippen LogP contribution in [0.2, 0.25) is 5.02 Å². The minimum absolute atomic E-state index is 0.425. The van der Waals surface area contributed by atoms with E-state index in [4.69, 9.17) is 11.6 Å². The number of hydrogen-bond donors (Lipinski definition) is 2. The van der Waals surface area contributed by atoms with Crippen LogP contribution >= 0.6 is 27.5 Å². The van der Waals surface area contributed by atoms with Crippen LogP contribution in [0.5, 0.6) is 0 Å². The first-order valence-electron chi connectivity index (χ1n) is 5.13. The molecule has 0 saturated carbocycles. The van der Waals surface area contributed by atoms with E-state index in [1.54, 1.807) is 0 Å². The van der Waals surface area contributed by atoms with Gasteiger partial charge in [-0.15, -0.1) is 0 Å². The highest BCUT2D eigenvalue weighted by molar-refractivity contribution is 9.10. The van der Waals surface area contributed by atoms with E-state index in [0.717, 1.165) is 34.1 Å². The number of guanidine groups is 1. The number of halogens is 2. The number of nitrogens with zero attached hydrogens (tertiary/aromatic N) is 1. The van der Waals surface area contributed by atoms with Gasteiger partial charge in [-0.25, -0.2) is 0 Å². The molecule has 0 bridgehead atoms. The van der Waals surface area contributed by atoms with E-state index in [2.05, 4.69) is 38.5 Å². The summed E-state index contributed by atoms with van der Waals surface area (Å²) in [5.74, 6) is 0.864. The quantitative estimate of drug-likeness (QED) is 0.881. The third-order valence-corrected chi connectivity index (χ3v) is 2.96. The van der Waals surface area contributed by atoms with E-state index in [9.17, 15) is 0 Å². The molecule has 0 amide bonds. The minimum atomic E-state index is 0.425. The average Bonchev–Trinajstić information content (AvgIpc) is 2.60. The third-order valence-electron chi connectivity index (χ3n) is 2.29. The molecule has 1 unspecified atom stereocenters. The number of hydrogen-bond acceptors (Lipinski definition) is 3. The Balaban J connectivity index is 1.94. The third kappa shape index (κ3) is 3.12. The molecule has 0 aromatic heterocycles. The van der Waals surface area contributed by atoms with Crippen molar-refractivity contribution in [2.45, 2.75) is 19.5 Å². The summed E-state index contributed by atoms with van der Waals surface area (Å²) in [5, 5.41) is 7.23. The van der Waals surface area contributed by atoms with E-state index in [0.29, 0.717) is 6.04 Å². The van der Waals surface area contributed by atoms with Gasteiger partial charge in [-0.1, -0.05) is 27.5 Å². The Kier molecular flexibility index (Phi) is 3.71. The predicted octanol–water partition coefficient (Wildman–Crippen LogP) is 2.54. The Bertz CT molecular complexity index is 399. The Morgan fingerprint density at radius 2 is 2.38 bits per heavy atom. The van der Waals surface area contributed by atoms with Gasteiger partial charge >= 0.3 is 0 Å². The standard InChI is InChI=1S/C11H13BrClN3/c1-7-5-14-11(16-7)15-6-8-2-9(12)4-10(13)3-8/h2-4,7H,5-6H2,1H3,(H2,14,15,16). The van der Waals surface area contributed by atoms with Crippen LogP contribution in [-0.4, -0.2) is 18.5 Å². The highest BCUT2D eigenvalue weighted by Gasteiger charge is 2.11. The van der Waals surface area contributed by atoms with Crippen LogP contribution < -0.4 is 10.6 Å². The summed E-state index contributed by atoms with van der Waals surface area (Å²) in [4.78, 5) is 4.33. The van der Waals surface area contributed by atoms with Gasteiger partial charge in [0.15, 0.2) is 5.96 Å². The van der Waals surface area contributed by atoms with Crippen molar-refractivity contribution in [3.63, 3.8) is 0 Å². The van der Waals surface area contributed by atoms with Gasteiger partial charge in [0, 0.05) is 22.1 Å². The van der Waals surface area contributed by atoms with Crippen molar-refractivity contribution in [2.24, 2.45) is 4.99 Å². The molecular formula is C11H13BrClN3. The lowest BCUT2D eigenvalue weighted by Crippen LogP contribution is -2.37. The highest BCUT2D eigenvalue weighted by Crippen LogP contribution is 2.19. The van der Waals surface area contributed by atoms with E-state index < -0.39 is 0 Å². The van der Waals surface area contributed by atoms with E-state index >= 15 is 0 Å². The smallest absolute Gasteiger partial charge is 0.191 e. The first-order valence-corrected chi connectivity index (χ1v) is 6.30. The van der Waals surface area contributed by atoms with Gasteiger partial charge in [0.05, 0.1) is 6.54 Å². The number of benzene rings is 1. The molecular weight excluding hydrogens is 289 g/mol. The molecule has 3 nitrogen and oxygen atoms in total. The normalized spacial score (nSPS) is 19.2. The van der Waals surface area contributed by atoms with Crippen LogP contribution in [-0.2, 0) is 6.54 Å². The lowest BCUT2D eigenvalue weighted by Gasteiger charge is -2.09. The summed E-state index contributed by atoms with van der Waals surface area (Å²) in [6.07, 6.45) is 0. The fourth-order valence-electron chi connectivity index (χ4n) is 1.56. The monoisotopic (exact) mass is 301 g/mol. The maximum Gasteiger partial charge on any atom is 0.191 e. The van der Waals surface area contributed by atoms with Gasteiger partial charge in [-0.05, 0) is 30.7 Å². The van der Waals surface area contributed by atoms with Gasteiger partial charge in [-0.2, -0.15) is 0 Å². The average molecular weight is 303 g/mol. The molecule has 1 aliphatic rings. The molecule has 0 radical (unpaired) electrons.